The number of methoxy groups -OCH3 is 2. The highest BCUT2D eigenvalue weighted by Gasteiger charge is 2.45. The van der Waals surface area contributed by atoms with E-state index < -0.39 is 5.54 Å². The van der Waals surface area contributed by atoms with Crippen molar-refractivity contribution in [3.05, 3.63) is 48.3 Å². The molecule has 3 N–H and O–H groups in total. The van der Waals surface area contributed by atoms with Gasteiger partial charge < -0.3 is 25.0 Å². The van der Waals surface area contributed by atoms with Crippen molar-refractivity contribution in [2.75, 3.05) is 36.3 Å². The van der Waals surface area contributed by atoms with E-state index in [1.165, 1.54) is 12.8 Å². The highest BCUT2D eigenvalue weighted by atomic mass is 16.5. The van der Waals surface area contributed by atoms with Crippen LogP contribution in [0.25, 0.3) is 5.52 Å². The molecule has 1 saturated heterocycles. The van der Waals surface area contributed by atoms with Gasteiger partial charge in [-0.05, 0) is 56.9 Å². The Morgan fingerprint density at radius 1 is 1.16 bits per heavy atom. The fraction of sp³-hybridized carbons (Fsp3) is 0.385. The third-order valence-electron chi connectivity index (χ3n) is 7.25. The van der Waals surface area contributed by atoms with Gasteiger partial charge in [0.05, 0.1) is 14.2 Å². The molecule has 1 aromatic carbocycles. The second kappa shape index (κ2) is 8.99. The van der Waals surface area contributed by atoms with Crippen LogP contribution in [-0.4, -0.2) is 57.0 Å². The molecular weight excluding hydrogens is 472 g/mol. The van der Waals surface area contributed by atoms with Crippen molar-refractivity contribution >= 4 is 34.7 Å². The molecule has 1 atom stereocenters. The monoisotopic (exact) mass is 502 g/mol. The van der Waals surface area contributed by atoms with E-state index in [0.717, 1.165) is 17.6 Å². The number of ether oxygens (including phenoxy) is 2. The molecule has 1 saturated carbocycles. The third-order valence-corrected chi connectivity index (χ3v) is 7.25. The van der Waals surface area contributed by atoms with Gasteiger partial charge in [-0.1, -0.05) is 0 Å². The molecule has 192 valence electrons. The lowest BCUT2D eigenvalue weighted by Crippen LogP contribution is -2.51. The van der Waals surface area contributed by atoms with Gasteiger partial charge in [0, 0.05) is 42.2 Å². The molecule has 6 rings (SSSR count). The Morgan fingerprint density at radius 2 is 2.00 bits per heavy atom. The van der Waals surface area contributed by atoms with E-state index in [9.17, 15) is 4.79 Å². The number of hydrogen-bond donors (Lipinski definition) is 3. The van der Waals surface area contributed by atoms with Gasteiger partial charge >= 0.3 is 0 Å². The summed E-state index contributed by atoms with van der Waals surface area (Å²) in [5.74, 6) is 3.42. The van der Waals surface area contributed by atoms with Crippen molar-refractivity contribution in [2.24, 2.45) is 0 Å². The van der Waals surface area contributed by atoms with Crippen LogP contribution in [0.3, 0.4) is 0 Å². The standard InChI is InChI=1S/C26H30N8O3/c1-26(24(35)27-17-9-10-20(36-2)21(14-17)37-3)11-5-12-33(26)25-29-23(19-6-4-13-34(19)32-25)28-22-15-18(30-31-22)16-7-8-16/h4,6,9-10,13-16H,5,7-8,11-12H2,1-3H3,(H,27,35)(H2,28,29,30,31,32)/t26-/m0/s1. The van der Waals surface area contributed by atoms with Crippen LogP contribution in [0.5, 0.6) is 11.5 Å². The number of benzene rings is 1. The summed E-state index contributed by atoms with van der Waals surface area (Å²) in [6.07, 6.45) is 5.78. The molecule has 37 heavy (non-hydrogen) atoms. The number of nitrogens with zero attached hydrogens (tertiary/aromatic N) is 5. The van der Waals surface area contributed by atoms with Crippen molar-refractivity contribution < 1.29 is 14.3 Å². The van der Waals surface area contributed by atoms with E-state index in [1.54, 1.807) is 36.9 Å². The van der Waals surface area contributed by atoms with Gasteiger partial charge in [-0.15, -0.1) is 5.10 Å². The first-order valence-corrected chi connectivity index (χ1v) is 12.5. The molecule has 0 spiro atoms. The lowest BCUT2D eigenvalue weighted by molar-refractivity contribution is -0.120. The second-order valence-electron chi connectivity index (χ2n) is 9.76. The van der Waals surface area contributed by atoms with Crippen LogP contribution in [0.1, 0.15) is 44.2 Å². The summed E-state index contributed by atoms with van der Waals surface area (Å²) in [5, 5.41) is 18.7. The van der Waals surface area contributed by atoms with Crippen LogP contribution in [0.2, 0.25) is 0 Å². The van der Waals surface area contributed by atoms with E-state index >= 15 is 0 Å². The van der Waals surface area contributed by atoms with Crippen LogP contribution in [0.15, 0.2) is 42.6 Å². The summed E-state index contributed by atoms with van der Waals surface area (Å²) in [4.78, 5) is 20.5. The maximum absolute atomic E-state index is 13.6. The molecule has 4 heterocycles. The van der Waals surface area contributed by atoms with Gasteiger partial charge in [0.25, 0.3) is 0 Å². The SMILES string of the molecule is COc1ccc(NC(=O)[C@]2(C)CCCN2c2nc(Nc3cc(C4CC4)[nH]n3)c3cccn3n2)cc1OC. The zero-order valence-electron chi connectivity index (χ0n) is 21.1. The summed E-state index contributed by atoms with van der Waals surface area (Å²) < 4.78 is 12.5. The van der Waals surface area contributed by atoms with Gasteiger partial charge in [0.15, 0.2) is 23.1 Å². The number of nitrogens with one attached hydrogen (secondary N) is 3. The summed E-state index contributed by atoms with van der Waals surface area (Å²) in [5.41, 5.74) is 1.76. The largest absolute Gasteiger partial charge is 0.493 e. The number of aromatic amines is 1. The zero-order chi connectivity index (χ0) is 25.6. The van der Waals surface area contributed by atoms with E-state index in [0.29, 0.717) is 53.7 Å². The van der Waals surface area contributed by atoms with Gasteiger partial charge in [-0.3, -0.25) is 9.89 Å². The van der Waals surface area contributed by atoms with Crippen LogP contribution < -0.4 is 25.0 Å². The van der Waals surface area contributed by atoms with Gasteiger partial charge in [-0.2, -0.15) is 10.1 Å². The van der Waals surface area contributed by atoms with Gasteiger partial charge in [0.2, 0.25) is 11.9 Å². The number of hydrogen-bond acceptors (Lipinski definition) is 8. The molecule has 1 amide bonds. The Hall–Kier alpha value is -4.28. The number of carbonyl (C=O) groups excluding carboxylic acids is 1. The van der Waals surface area contributed by atoms with Crippen molar-refractivity contribution in [3.8, 4) is 11.5 Å². The minimum Gasteiger partial charge on any atom is -0.493 e. The molecule has 0 bridgehead atoms. The molecule has 4 aromatic rings. The summed E-state index contributed by atoms with van der Waals surface area (Å²) in [6, 6.07) is 11.2. The number of aromatic nitrogens is 5. The number of fused-ring (bicyclic) bond motifs is 1. The number of amides is 1. The predicted molar refractivity (Wildman–Crippen MR) is 140 cm³/mol. The van der Waals surface area contributed by atoms with Crippen LogP contribution in [-0.2, 0) is 4.79 Å². The zero-order valence-corrected chi connectivity index (χ0v) is 21.1. The quantitative estimate of drug-likeness (QED) is 0.329. The summed E-state index contributed by atoms with van der Waals surface area (Å²) in [6.45, 7) is 2.60. The number of carbonyl (C=O) groups is 1. The average molecular weight is 503 g/mol. The molecule has 0 radical (unpaired) electrons. The molecule has 11 heteroatoms. The van der Waals surface area contributed by atoms with E-state index in [-0.39, 0.29) is 5.91 Å². The van der Waals surface area contributed by atoms with Crippen LogP contribution >= 0.6 is 0 Å². The highest BCUT2D eigenvalue weighted by Crippen LogP contribution is 2.40. The lowest BCUT2D eigenvalue weighted by atomic mass is 9.97. The Morgan fingerprint density at radius 3 is 2.78 bits per heavy atom. The van der Waals surface area contributed by atoms with Crippen molar-refractivity contribution in [1.82, 2.24) is 24.8 Å². The second-order valence-corrected chi connectivity index (χ2v) is 9.76. The first-order chi connectivity index (χ1) is 18.0. The summed E-state index contributed by atoms with van der Waals surface area (Å²) >= 11 is 0. The van der Waals surface area contributed by atoms with Crippen molar-refractivity contribution in [3.63, 3.8) is 0 Å². The Bertz CT molecular complexity index is 1460. The fourth-order valence-electron chi connectivity index (χ4n) is 4.95. The number of rotatable bonds is 8. The predicted octanol–water partition coefficient (Wildman–Crippen LogP) is 4.09. The maximum Gasteiger partial charge on any atom is 0.250 e. The lowest BCUT2D eigenvalue weighted by Gasteiger charge is -2.34. The number of anilines is 4. The van der Waals surface area contributed by atoms with E-state index in [4.69, 9.17) is 19.6 Å². The van der Waals surface area contributed by atoms with Crippen molar-refractivity contribution in [2.45, 2.75) is 44.1 Å². The minimum absolute atomic E-state index is 0.135. The fourth-order valence-corrected chi connectivity index (χ4v) is 4.95. The molecule has 2 fully saturated rings. The highest BCUT2D eigenvalue weighted by molar-refractivity contribution is 6.00. The molecule has 11 nitrogen and oxygen atoms in total. The third kappa shape index (κ3) is 4.20. The number of H-pyrrole nitrogens is 1. The van der Waals surface area contributed by atoms with Gasteiger partial charge in [0.1, 0.15) is 11.1 Å². The molecule has 1 aliphatic carbocycles. The Labute approximate surface area is 214 Å². The van der Waals surface area contributed by atoms with Crippen molar-refractivity contribution in [1.29, 1.82) is 0 Å². The first-order valence-electron chi connectivity index (χ1n) is 12.5. The van der Waals surface area contributed by atoms with Crippen LogP contribution in [0, 0.1) is 0 Å². The normalized spacial score (nSPS) is 19.3. The topological polar surface area (TPSA) is 122 Å². The Kier molecular flexibility index (Phi) is 5.62. The van der Waals surface area contributed by atoms with E-state index in [1.807, 2.05) is 36.2 Å². The van der Waals surface area contributed by atoms with Gasteiger partial charge in [-0.25, -0.2) is 4.52 Å². The summed E-state index contributed by atoms with van der Waals surface area (Å²) in [7, 11) is 3.15. The Balaban J connectivity index is 1.29. The molecule has 2 aliphatic rings. The molecular formula is C26H30N8O3. The molecule has 3 aromatic heterocycles. The smallest absolute Gasteiger partial charge is 0.250 e. The van der Waals surface area contributed by atoms with E-state index in [2.05, 4.69) is 20.8 Å². The first kappa shape index (κ1) is 23.1. The van der Waals surface area contributed by atoms with Crippen LogP contribution in [0.4, 0.5) is 23.3 Å². The minimum atomic E-state index is -0.837. The maximum atomic E-state index is 13.6. The molecule has 1 aliphatic heterocycles. The average Bonchev–Trinajstić information content (AvgIpc) is 3.26. The molecule has 0 unspecified atom stereocenters.